The topological polar surface area (TPSA) is 58.0 Å². The van der Waals surface area contributed by atoms with Crippen LogP contribution < -0.4 is 0 Å². The van der Waals surface area contributed by atoms with Crippen molar-refractivity contribution < 1.29 is 9.90 Å². The highest BCUT2D eigenvalue weighted by molar-refractivity contribution is 7.71. The lowest BCUT2D eigenvalue weighted by Gasteiger charge is -1.95. The molecule has 0 amide bonds. The molecule has 0 aliphatic heterocycles. The van der Waals surface area contributed by atoms with Crippen molar-refractivity contribution in [2.24, 2.45) is 7.05 Å². The van der Waals surface area contributed by atoms with Gasteiger partial charge in [0, 0.05) is 18.9 Å². The minimum atomic E-state index is -0.852. The van der Waals surface area contributed by atoms with Crippen LogP contribution in [0.5, 0.6) is 0 Å². The minimum absolute atomic E-state index is 0.00361. The Morgan fingerprint density at radius 3 is 2.91 bits per heavy atom. The van der Waals surface area contributed by atoms with Crippen LogP contribution in [-0.2, 0) is 18.3 Å². The normalized spacial score (nSPS) is 9.91. The quantitative estimate of drug-likeness (QED) is 0.646. The summed E-state index contributed by atoms with van der Waals surface area (Å²) in [7, 11) is 1.73. The van der Waals surface area contributed by atoms with Gasteiger partial charge in [0.05, 0.1) is 6.42 Å². The molecule has 0 radical (unpaired) electrons. The average Bonchev–Trinajstić information content (AvgIpc) is 2.18. The molecule has 0 aliphatic carbocycles. The summed E-state index contributed by atoms with van der Waals surface area (Å²) in [5.74, 6) is -0.852. The largest absolute Gasteiger partial charge is 0.481 e. The second-order valence-corrected chi connectivity index (χ2v) is 2.60. The maximum absolute atomic E-state index is 10.3. The van der Waals surface area contributed by atoms with E-state index in [1.807, 2.05) is 0 Å². The molecule has 0 atom stereocenters. The summed E-state index contributed by atoms with van der Waals surface area (Å²) in [6.07, 6.45) is 1.61. The summed E-state index contributed by atoms with van der Waals surface area (Å²) < 4.78 is 2.19. The van der Waals surface area contributed by atoms with Crippen molar-refractivity contribution in [3.63, 3.8) is 0 Å². The number of aromatic nitrogens is 2. The molecule has 0 aromatic carbocycles. The highest BCUT2D eigenvalue weighted by Crippen LogP contribution is 1.99. The predicted molar refractivity (Wildman–Crippen MR) is 41.9 cm³/mol. The van der Waals surface area contributed by atoms with Crippen molar-refractivity contribution >= 4 is 18.2 Å². The molecule has 1 aromatic rings. The molecule has 4 nitrogen and oxygen atoms in total. The van der Waals surface area contributed by atoms with Gasteiger partial charge in [-0.2, -0.15) is 0 Å². The fourth-order valence-corrected chi connectivity index (χ4v) is 0.970. The molecule has 60 valence electrons. The van der Waals surface area contributed by atoms with Gasteiger partial charge in [-0.25, -0.2) is 0 Å². The number of nitrogens with one attached hydrogen (secondary N) is 1. The first kappa shape index (κ1) is 8.00. The predicted octanol–water partition coefficient (Wildman–Crippen LogP) is 0.710. The van der Waals surface area contributed by atoms with Gasteiger partial charge >= 0.3 is 5.97 Å². The van der Waals surface area contributed by atoms with Gasteiger partial charge in [0.1, 0.15) is 0 Å². The van der Waals surface area contributed by atoms with Gasteiger partial charge < -0.3 is 14.7 Å². The van der Waals surface area contributed by atoms with E-state index in [2.05, 4.69) is 4.98 Å². The van der Waals surface area contributed by atoms with E-state index >= 15 is 0 Å². The molecule has 0 saturated heterocycles. The number of nitrogens with zero attached hydrogens (tertiary/aromatic N) is 1. The lowest BCUT2D eigenvalue weighted by Crippen LogP contribution is -2.04. The Bertz CT molecular complexity index is 326. The zero-order valence-corrected chi connectivity index (χ0v) is 6.81. The second-order valence-electron chi connectivity index (χ2n) is 2.21. The molecule has 1 aromatic heterocycles. The standard InChI is InChI=1S/C6H8N2O2S/c1-8-4(2-5(9)10)3-7-6(8)11/h3H,2H2,1H3,(H,7,11)(H,9,10). The molecular weight excluding hydrogens is 164 g/mol. The fraction of sp³-hybridized carbons (Fsp3) is 0.333. The molecule has 0 bridgehead atoms. The lowest BCUT2D eigenvalue weighted by atomic mass is 10.3. The number of aliphatic carboxylic acids is 1. The molecule has 0 aliphatic rings. The van der Waals surface area contributed by atoms with Crippen molar-refractivity contribution in [2.75, 3.05) is 0 Å². The Labute approximate surface area is 68.5 Å². The average molecular weight is 172 g/mol. The van der Waals surface area contributed by atoms with Crippen molar-refractivity contribution in [2.45, 2.75) is 6.42 Å². The Kier molecular flexibility index (Phi) is 2.09. The summed E-state index contributed by atoms with van der Waals surface area (Å²) in [5, 5.41) is 8.44. The van der Waals surface area contributed by atoms with Gasteiger partial charge in [0.2, 0.25) is 0 Å². The first-order valence-electron chi connectivity index (χ1n) is 3.06. The summed E-state index contributed by atoms with van der Waals surface area (Å²) in [4.78, 5) is 13.0. The van der Waals surface area contributed by atoms with Gasteiger partial charge in [0.25, 0.3) is 0 Å². The first-order valence-corrected chi connectivity index (χ1v) is 3.47. The van der Waals surface area contributed by atoms with Crippen LogP contribution in [0.15, 0.2) is 6.20 Å². The van der Waals surface area contributed by atoms with E-state index in [1.54, 1.807) is 17.8 Å². The van der Waals surface area contributed by atoms with Gasteiger partial charge in [0.15, 0.2) is 4.77 Å². The number of hydrogen-bond donors (Lipinski definition) is 2. The van der Waals surface area contributed by atoms with Gasteiger partial charge in [-0.3, -0.25) is 4.79 Å². The third-order valence-corrected chi connectivity index (χ3v) is 1.82. The van der Waals surface area contributed by atoms with E-state index in [-0.39, 0.29) is 6.42 Å². The summed E-state index contributed by atoms with van der Waals surface area (Å²) in [5.41, 5.74) is 0.683. The smallest absolute Gasteiger partial charge is 0.309 e. The van der Waals surface area contributed by atoms with Crippen LogP contribution in [0.25, 0.3) is 0 Å². The van der Waals surface area contributed by atoms with Gasteiger partial charge in [-0.1, -0.05) is 0 Å². The van der Waals surface area contributed by atoms with E-state index < -0.39 is 5.97 Å². The summed E-state index contributed by atoms with van der Waals surface area (Å²) >= 11 is 4.84. The van der Waals surface area contributed by atoms with Crippen molar-refractivity contribution in [3.05, 3.63) is 16.7 Å². The summed E-state index contributed by atoms with van der Waals surface area (Å²) in [6, 6.07) is 0. The van der Waals surface area contributed by atoms with E-state index in [9.17, 15) is 4.79 Å². The number of imidazole rings is 1. The highest BCUT2D eigenvalue weighted by Gasteiger charge is 2.03. The third kappa shape index (κ3) is 1.68. The first-order chi connectivity index (χ1) is 5.11. The van der Waals surface area contributed by atoms with Crippen LogP contribution in [0.2, 0.25) is 0 Å². The minimum Gasteiger partial charge on any atom is -0.481 e. The van der Waals surface area contributed by atoms with Crippen LogP contribution in [0.1, 0.15) is 5.69 Å². The van der Waals surface area contributed by atoms with E-state index in [4.69, 9.17) is 17.3 Å². The van der Waals surface area contributed by atoms with Gasteiger partial charge in [-0.05, 0) is 12.2 Å². The summed E-state index contributed by atoms with van der Waals surface area (Å²) in [6.45, 7) is 0. The molecule has 2 N–H and O–H groups in total. The molecule has 0 unspecified atom stereocenters. The van der Waals surface area contributed by atoms with Crippen molar-refractivity contribution in [1.82, 2.24) is 9.55 Å². The number of carboxylic acid groups (broad SMARTS) is 1. The van der Waals surface area contributed by atoms with Crippen LogP contribution in [0.4, 0.5) is 0 Å². The molecule has 0 spiro atoms. The Hall–Kier alpha value is -1.10. The van der Waals surface area contributed by atoms with Crippen LogP contribution in [0, 0.1) is 4.77 Å². The van der Waals surface area contributed by atoms with Crippen molar-refractivity contribution in [1.29, 1.82) is 0 Å². The lowest BCUT2D eigenvalue weighted by molar-refractivity contribution is -0.136. The maximum atomic E-state index is 10.3. The zero-order valence-electron chi connectivity index (χ0n) is 6.00. The monoisotopic (exact) mass is 172 g/mol. The number of carbonyl (C=O) groups is 1. The molecular formula is C6H8N2O2S. The number of H-pyrrole nitrogens is 1. The molecule has 0 saturated carbocycles. The molecule has 0 fully saturated rings. The second kappa shape index (κ2) is 2.87. The maximum Gasteiger partial charge on any atom is 0.309 e. The van der Waals surface area contributed by atoms with E-state index in [0.717, 1.165) is 0 Å². The Morgan fingerprint density at radius 1 is 1.91 bits per heavy atom. The molecule has 5 heteroatoms. The number of hydrogen-bond acceptors (Lipinski definition) is 2. The van der Waals surface area contributed by atoms with E-state index in [1.165, 1.54) is 0 Å². The Morgan fingerprint density at radius 2 is 2.55 bits per heavy atom. The Balaban J connectivity index is 2.96. The highest BCUT2D eigenvalue weighted by atomic mass is 32.1. The van der Waals surface area contributed by atoms with E-state index in [0.29, 0.717) is 10.5 Å². The molecule has 1 heterocycles. The van der Waals surface area contributed by atoms with Crippen LogP contribution >= 0.6 is 12.2 Å². The van der Waals surface area contributed by atoms with Crippen LogP contribution in [0.3, 0.4) is 0 Å². The fourth-order valence-electron chi connectivity index (χ4n) is 0.794. The zero-order chi connectivity index (χ0) is 8.43. The molecule has 11 heavy (non-hydrogen) atoms. The number of aromatic amines is 1. The number of carboxylic acids is 1. The number of rotatable bonds is 2. The van der Waals surface area contributed by atoms with Crippen molar-refractivity contribution in [3.8, 4) is 0 Å². The molecule has 1 rings (SSSR count). The van der Waals surface area contributed by atoms with Gasteiger partial charge in [-0.15, -0.1) is 0 Å². The SMILES string of the molecule is Cn1c(CC(=O)O)c[nH]c1=S. The third-order valence-electron chi connectivity index (χ3n) is 1.43. The van der Waals surface area contributed by atoms with Crippen LogP contribution in [-0.4, -0.2) is 20.6 Å².